The summed E-state index contributed by atoms with van der Waals surface area (Å²) in [6.07, 6.45) is 7.36. The van der Waals surface area contributed by atoms with Crippen molar-refractivity contribution in [2.75, 3.05) is 0 Å². The summed E-state index contributed by atoms with van der Waals surface area (Å²) in [5.74, 6) is 1.63. The van der Waals surface area contributed by atoms with E-state index in [-0.39, 0.29) is 0 Å². The molecule has 0 aliphatic carbocycles. The minimum Gasteiger partial charge on any atom is -0.338 e. The molecule has 0 atom stereocenters. The lowest BCUT2D eigenvalue weighted by Gasteiger charge is -2.01. The fourth-order valence-electron chi connectivity index (χ4n) is 4.33. The number of nitrogens with one attached hydrogen (secondary N) is 2. The maximum Gasteiger partial charge on any atom is 0.141 e. The van der Waals surface area contributed by atoms with Gasteiger partial charge in [-0.05, 0) is 59.7 Å². The molecular formula is C28H19N7. The molecule has 0 aliphatic heterocycles. The van der Waals surface area contributed by atoms with Crippen LogP contribution in [-0.2, 0) is 0 Å². The summed E-state index contributed by atoms with van der Waals surface area (Å²) >= 11 is 0. The highest BCUT2D eigenvalue weighted by molar-refractivity contribution is 5.88. The lowest BCUT2D eigenvalue weighted by atomic mass is 10.0. The molecule has 166 valence electrons. The van der Waals surface area contributed by atoms with Crippen molar-refractivity contribution in [3.63, 3.8) is 0 Å². The summed E-state index contributed by atoms with van der Waals surface area (Å²) in [5.41, 5.74) is 9.00. The Hall–Kier alpha value is -5.04. The maximum absolute atomic E-state index is 4.78. The quantitative estimate of drug-likeness (QED) is 0.341. The van der Waals surface area contributed by atoms with Gasteiger partial charge in [-0.15, -0.1) is 0 Å². The molecule has 0 unspecified atom stereocenters. The molecule has 7 rings (SSSR count). The fraction of sp³-hybridized carbons (Fsp3) is 0. The van der Waals surface area contributed by atoms with E-state index in [1.165, 1.54) is 0 Å². The van der Waals surface area contributed by atoms with Crippen LogP contribution in [0.1, 0.15) is 0 Å². The molecule has 4 heterocycles. The van der Waals surface area contributed by atoms with Crippen molar-refractivity contribution in [2.24, 2.45) is 0 Å². The van der Waals surface area contributed by atoms with Crippen LogP contribution in [0.4, 0.5) is 0 Å². The maximum atomic E-state index is 4.78. The summed E-state index contributed by atoms with van der Waals surface area (Å²) in [5, 5.41) is 4.49. The molecule has 0 bridgehead atoms. The Morgan fingerprint density at radius 2 is 1.23 bits per heavy atom. The van der Waals surface area contributed by atoms with Crippen LogP contribution in [0.2, 0.25) is 0 Å². The van der Waals surface area contributed by atoms with Crippen LogP contribution in [0.15, 0.2) is 104 Å². The van der Waals surface area contributed by atoms with Gasteiger partial charge in [-0.1, -0.05) is 30.3 Å². The van der Waals surface area contributed by atoms with Crippen molar-refractivity contribution in [2.45, 2.75) is 0 Å². The van der Waals surface area contributed by atoms with Crippen LogP contribution in [0, 0.1) is 0 Å². The lowest BCUT2D eigenvalue weighted by Crippen LogP contribution is -1.92. The number of imidazole rings is 2. The predicted octanol–water partition coefficient (Wildman–Crippen LogP) is 6.02. The normalized spacial score (nSPS) is 11.4. The van der Waals surface area contributed by atoms with Crippen molar-refractivity contribution >= 4 is 22.1 Å². The highest BCUT2D eigenvalue weighted by Gasteiger charge is 2.11. The van der Waals surface area contributed by atoms with Crippen molar-refractivity contribution in [3.05, 3.63) is 104 Å². The number of benzene rings is 3. The Bertz CT molecular complexity index is 1790. The largest absolute Gasteiger partial charge is 0.338 e. The van der Waals surface area contributed by atoms with E-state index in [4.69, 9.17) is 9.97 Å². The second-order valence-corrected chi connectivity index (χ2v) is 8.38. The first-order valence-corrected chi connectivity index (χ1v) is 11.3. The average Bonchev–Trinajstić information content (AvgIpc) is 3.66. The van der Waals surface area contributed by atoms with Gasteiger partial charge in [-0.3, -0.25) is 4.98 Å². The lowest BCUT2D eigenvalue weighted by molar-refractivity contribution is 0.880. The Labute approximate surface area is 200 Å². The third kappa shape index (κ3) is 3.46. The fourth-order valence-corrected chi connectivity index (χ4v) is 4.33. The number of para-hydroxylation sites is 1. The molecule has 0 spiro atoms. The smallest absolute Gasteiger partial charge is 0.141 e. The molecule has 7 heteroatoms. The molecule has 0 aliphatic rings. The Balaban J connectivity index is 1.23. The van der Waals surface area contributed by atoms with Gasteiger partial charge >= 0.3 is 0 Å². The van der Waals surface area contributed by atoms with Crippen molar-refractivity contribution in [3.8, 4) is 39.6 Å². The number of nitrogens with zero attached hydrogens (tertiary/aromatic N) is 5. The molecule has 0 amide bonds. The number of pyridine rings is 1. The molecule has 0 saturated carbocycles. The number of H-pyrrole nitrogens is 2. The number of aromatic nitrogens is 7. The summed E-state index contributed by atoms with van der Waals surface area (Å²) < 4.78 is 1.85. The van der Waals surface area contributed by atoms with Gasteiger partial charge in [0.05, 0.1) is 39.5 Å². The predicted molar refractivity (Wildman–Crippen MR) is 137 cm³/mol. The van der Waals surface area contributed by atoms with E-state index in [1.54, 1.807) is 12.4 Å². The molecule has 0 radical (unpaired) electrons. The van der Waals surface area contributed by atoms with Gasteiger partial charge in [0.1, 0.15) is 11.6 Å². The monoisotopic (exact) mass is 453 g/mol. The van der Waals surface area contributed by atoms with Gasteiger partial charge < -0.3 is 9.97 Å². The summed E-state index contributed by atoms with van der Waals surface area (Å²) in [6.45, 7) is 0. The first-order valence-electron chi connectivity index (χ1n) is 11.3. The van der Waals surface area contributed by atoms with Crippen molar-refractivity contribution < 1.29 is 0 Å². The molecule has 3 aromatic carbocycles. The van der Waals surface area contributed by atoms with E-state index in [9.17, 15) is 0 Å². The third-order valence-electron chi connectivity index (χ3n) is 6.13. The van der Waals surface area contributed by atoms with E-state index in [1.807, 2.05) is 71.7 Å². The molecule has 2 N–H and O–H groups in total. The first-order chi connectivity index (χ1) is 17.3. The number of aromatic amines is 2. The zero-order chi connectivity index (χ0) is 23.2. The summed E-state index contributed by atoms with van der Waals surface area (Å²) in [6, 6.07) is 26.5. The first kappa shape index (κ1) is 19.4. The zero-order valence-electron chi connectivity index (χ0n) is 18.6. The summed E-state index contributed by atoms with van der Waals surface area (Å²) in [4.78, 5) is 20.5. The molecule has 35 heavy (non-hydrogen) atoms. The second-order valence-electron chi connectivity index (χ2n) is 8.38. The van der Waals surface area contributed by atoms with Crippen LogP contribution in [-0.4, -0.2) is 34.7 Å². The zero-order valence-corrected chi connectivity index (χ0v) is 18.6. The van der Waals surface area contributed by atoms with Gasteiger partial charge in [0.25, 0.3) is 0 Å². The van der Waals surface area contributed by atoms with Crippen LogP contribution >= 0.6 is 0 Å². The van der Waals surface area contributed by atoms with Crippen LogP contribution in [0.25, 0.3) is 61.7 Å². The molecule has 7 nitrogen and oxygen atoms in total. The summed E-state index contributed by atoms with van der Waals surface area (Å²) in [7, 11) is 0. The Morgan fingerprint density at radius 1 is 0.600 bits per heavy atom. The van der Waals surface area contributed by atoms with Crippen LogP contribution in [0.5, 0.6) is 0 Å². The van der Waals surface area contributed by atoms with Gasteiger partial charge in [0.15, 0.2) is 0 Å². The van der Waals surface area contributed by atoms with Gasteiger partial charge in [0.2, 0.25) is 0 Å². The molecule has 4 aromatic heterocycles. The third-order valence-corrected chi connectivity index (χ3v) is 6.13. The number of hydrogen-bond donors (Lipinski definition) is 2. The Kier molecular flexibility index (Phi) is 4.32. The van der Waals surface area contributed by atoms with Crippen LogP contribution < -0.4 is 0 Å². The van der Waals surface area contributed by atoms with Crippen LogP contribution in [0.3, 0.4) is 0 Å². The number of rotatable bonds is 4. The van der Waals surface area contributed by atoms with E-state index >= 15 is 0 Å². The molecule has 7 aromatic rings. The SMILES string of the molecule is c1ccc(-n2cc(-c3nc4ccc(-c5ccc6nc(-c7ccncc7)[nH]c6c5)cc4[nH]3)cn2)cc1. The van der Waals surface area contributed by atoms with Gasteiger partial charge in [-0.2, -0.15) is 5.10 Å². The van der Waals surface area contributed by atoms with Crippen molar-refractivity contribution in [1.29, 1.82) is 0 Å². The topological polar surface area (TPSA) is 88.1 Å². The van der Waals surface area contributed by atoms with Gasteiger partial charge in [-0.25, -0.2) is 14.6 Å². The highest BCUT2D eigenvalue weighted by atomic mass is 15.3. The second kappa shape index (κ2) is 7.78. The average molecular weight is 454 g/mol. The van der Waals surface area contributed by atoms with Gasteiger partial charge in [0, 0.05) is 24.2 Å². The standard InChI is InChI=1S/C28H19N7/c1-2-4-22(5-3-1)35-17-21(16-30-35)28-32-24-9-7-20(15-26(24)34-28)19-6-8-23-25(14-19)33-27(31-23)18-10-12-29-13-11-18/h1-17H,(H,31,33)(H,32,34). The minimum absolute atomic E-state index is 0.797. The number of hydrogen-bond acceptors (Lipinski definition) is 4. The van der Waals surface area contributed by atoms with E-state index in [2.05, 4.69) is 44.3 Å². The van der Waals surface area contributed by atoms with E-state index in [0.717, 1.165) is 61.7 Å². The minimum atomic E-state index is 0.797. The highest BCUT2D eigenvalue weighted by Crippen LogP contribution is 2.29. The Morgan fingerprint density at radius 3 is 1.89 bits per heavy atom. The van der Waals surface area contributed by atoms with E-state index in [0.29, 0.717) is 0 Å². The van der Waals surface area contributed by atoms with E-state index < -0.39 is 0 Å². The molecule has 0 saturated heterocycles. The molecular weight excluding hydrogens is 434 g/mol. The van der Waals surface area contributed by atoms with Crippen molar-refractivity contribution in [1.82, 2.24) is 34.7 Å². The number of fused-ring (bicyclic) bond motifs is 2. The molecule has 0 fully saturated rings.